The van der Waals surface area contributed by atoms with Gasteiger partial charge in [0.1, 0.15) is 0 Å². The van der Waals surface area contributed by atoms with Gasteiger partial charge in [0.15, 0.2) is 0 Å². The predicted octanol–water partition coefficient (Wildman–Crippen LogP) is 3.23. The first-order valence-electron chi connectivity index (χ1n) is 3.88. The third-order valence-corrected chi connectivity index (χ3v) is 4.03. The topological polar surface area (TPSA) is 71.1 Å². The van der Waals surface area contributed by atoms with Crippen LogP contribution in [0.5, 0.6) is 0 Å². The average molecular weight is 278 g/mol. The van der Waals surface area contributed by atoms with E-state index in [2.05, 4.69) is 9.05 Å². The third kappa shape index (κ3) is 10.8. The molecule has 6 nitrogen and oxygen atoms in total. The van der Waals surface area contributed by atoms with Crippen LogP contribution in [0.3, 0.4) is 0 Å². The van der Waals surface area contributed by atoms with E-state index in [1.165, 1.54) is 27.5 Å². The van der Waals surface area contributed by atoms with E-state index >= 15 is 0 Å². The van der Waals surface area contributed by atoms with Crippen molar-refractivity contribution < 1.29 is 27.2 Å². The highest BCUT2D eigenvalue weighted by Gasteiger charge is 2.17. The fourth-order valence-corrected chi connectivity index (χ4v) is 1.53. The predicted molar refractivity (Wildman–Crippen MR) is 66.4 cm³/mol. The Morgan fingerprint density at radius 3 is 1.25 bits per heavy atom. The zero-order valence-electron chi connectivity index (χ0n) is 8.76. The van der Waals surface area contributed by atoms with Crippen LogP contribution < -0.4 is 0 Å². The van der Waals surface area contributed by atoms with Gasteiger partial charge in [-0.05, 0) is 0 Å². The lowest BCUT2D eigenvalue weighted by atomic mass is 10.8. The van der Waals surface area contributed by atoms with Crippen LogP contribution >= 0.6 is 15.2 Å². The summed E-state index contributed by atoms with van der Waals surface area (Å²) in [5.41, 5.74) is 0. The van der Waals surface area contributed by atoms with Gasteiger partial charge in [0.05, 0.1) is 13.2 Å². The summed E-state index contributed by atoms with van der Waals surface area (Å²) in [6.45, 7) is 2.77. The van der Waals surface area contributed by atoms with Crippen molar-refractivity contribution in [1.29, 1.82) is 0 Å². The van der Waals surface area contributed by atoms with Crippen molar-refractivity contribution in [3.63, 3.8) is 0 Å². The summed E-state index contributed by atoms with van der Waals surface area (Å²) < 4.78 is 41.2. The second kappa shape index (κ2) is 9.34. The maximum absolute atomic E-state index is 11.2. The second-order valence-corrected chi connectivity index (χ2v) is 6.91. The molecule has 0 rings (SSSR count). The molecule has 0 amide bonds. The minimum atomic E-state index is -2.97. The average Bonchev–Trinajstić information content (AvgIpc) is 2.13. The molecule has 0 aliphatic carbocycles. The van der Waals surface area contributed by atoms with Gasteiger partial charge in [0.25, 0.3) is 0 Å². The lowest BCUT2D eigenvalue weighted by Gasteiger charge is -2.13. The molecule has 0 N–H and O–H groups in total. The molecule has 0 saturated heterocycles. The molecule has 2 atom stereocenters. The van der Waals surface area contributed by atoms with E-state index in [0.29, 0.717) is 0 Å². The molecule has 102 valence electrons. The molecular weight excluding hydrogens is 254 g/mol. The highest BCUT2D eigenvalue weighted by atomic mass is 31.2. The molecule has 0 aromatic rings. The summed E-state index contributed by atoms with van der Waals surface area (Å²) in [4.78, 5) is 0. The fraction of sp³-hybridized carbons (Fsp3) is 1.00. The third-order valence-electron chi connectivity index (χ3n) is 1.40. The Morgan fingerprint density at radius 2 is 1.06 bits per heavy atom. The van der Waals surface area contributed by atoms with E-state index in [9.17, 15) is 9.13 Å². The first kappa shape index (κ1) is 21.6. The van der Waals surface area contributed by atoms with Crippen LogP contribution in [0.4, 0.5) is 0 Å². The molecule has 0 bridgehead atoms. The zero-order valence-corrected chi connectivity index (χ0v) is 10.5. The standard InChI is InChI=1S/C6H16O6P2.2CH4/c1-9-13(3,7)11-5-6-12-14(4,8)10-2;;/h5-6H2,1-4H3;2*1H4. The summed E-state index contributed by atoms with van der Waals surface area (Å²) >= 11 is 0. The maximum atomic E-state index is 11.2. The van der Waals surface area contributed by atoms with E-state index in [4.69, 9.17) is 9.05 Å². The summed E-state index contributed by atoms with van der Waals surface area (Å²) in [7, 11) is -3.36. The van der Waals surface area contributed by atoms with Crippen molar-refractivity contribution in [3.8, 4) is 0 Å². The Labute approximate surface area is 98.7 Å². The fourth-order valence-electron chi connectivity index (χ4n) is 0.512. The molecule has 0 aliphatic rings. The van der Waals surface area contributed by atoms with Crippen LogP contribution in [-0.2, 0) is 27.2 Å². The van der Waals surface area contributed by atoms with Crippen molar-refractivity contribution in [2.24, 2.45) is 0 Å². The Balaban J connectivity index is -0.000000845. The van der Waals surface area contributed by atoms with Crippen LogP contribution in [0.15, 0.2) is 0 Å². The minimum Gasteiger partial charge on any atom is -0.312 e. The van der Waals surface area contributed by atoms with Crippen molar-refractivity contribution >= 4 is 15.2 Å². The molecule has 8 heteroatoms. The summed E-state index contributed by atoms with van der Waals surface area (Å²) in [5.74, 6) is 0. The lowest BCUT2D eigenvalue weighted by molar-refractivity contribution is 0.169. The van der Waals surface area contributed by atoms with Crippen LogP contribution in [0.1, 0.15) is 14.9 Å². The van der Waals surface area contributed by atoms with Crippen LogP contribution in [0, 0.1) is 0 Å². The number of hydrogen-bond acceptors (Lipinski definition) is 6. The van der Waals surface area contributed by atoms with Gasteiger partial charge in [-0.15, -0.1) is 0 Å². The smallest absolute Gasteiger partial charge is 0.312 e. The quantitative estimate of drug-likeness (QED) is 0.526. The highest BCUT2D eigenvalue weighted by Crippen LogP contribution is 2.44. The Bertz CT molecular complexity index is 229. The van der Waals surface area contributed by atoms with E-state index in [-0.39, 0.29) is 28.1 Å². The van der Waals surface area contributed by atoms with E-state index in [1.54, 1.807) is 0 Å². The van der Waals surface area contributed by atoms with E-state index in [1.807, 2.05) is 0 Å². The van der Waals surface area contributed by atoms with Crippen molar-refractivity contribution in [2.45, 2.75) is 14.9 Å². The Kier molecular flexibility index (Phi) is 12.6. The van der Waals surface area contributed by atoms with Crippen LogP contribution in [0.25, 0.3) is 0 Å². The summed E-state index contributed by atoms with van der Waals surface area (Å²) in [5, 5.41) is 0. The first-order valence-corrected chi connectivity index (χ1v) is 7.86. The molecule has 16 heavy (non-hydrogen) atoms. The van der Waals surface area contributed by atoms with Crippen molar-refractivity contribution in [1.82, 2.24) is 0 Å². The Hall–Kier alpha value is 0.300. The maximum Gasteiger partial charge on any atom is 0.327 e. The largest absolute Gasteiger partial charge is 0.327 e. The number of hydrogen-bond donors (Lipinski definition) is 0. The van der Waals surface area contributed by atoms with Gasteiger partial charge in [0, 0.05) is 27.5 Å². The summed E-state index contributed by atoms with van der Waals surface area (Å²) in [6.07, 6.45) is 0. The second-order valence-electron chi connectivity index (χ2n) is 2.57. The highest BCUT2D eigenvalue weighted by molar-refractivity contribution is 7.53. The minimum absolute atomic E-state index is 0. The SMILES string of the molecule is C.C.COP(C)(=O)OCCOP(C)(=O)OC. The Morgan fingerprint density at radius 1 is 0.812 bits per heavy atom. The summed E-state index contributed by atoms with van der Waals surface area (Å²) in [6, 6.07) is 0. The zero-order chi connectivity index (χ0) is 11.2. The monoisotopic (exact) mass is 278 g/mol. The molecule has 0 fully saturated rings. The molecular formula is C8H24O6P2. The van der Waals surface area contributed by atoms with Crippen molar-refractivity contribution in [2.75, 3.05) is 40.8 Å². The number of rotatable bonds is 7. The molecule has 0 aliphatic heterocycles. The molecule has 0 aromatic heterocycles. The normalized spacial score (nSPS) is 17.5. The lowest BCUT2D eigenvalue weighted by Crippen LogP contribution is -2.02. The van der Waals surface area contributed by atoms with E-state index < -0.39 is 15.2 Å². The first-order chi connectivity index (χ1) is 6.33. The van der Waals surface area contributed by atoms with Gasteiger partial charge in [0.2, 0.25) is 0 Å². The van der Waals surface area contributed by atoms with Gasteiger partial charge in [-0.3, -0.25) is 9.13 Å². The molecule has 2 unspecified atom stereocenters. The van der Waals surface area contributed by atoms with Gasteiger partial charge in [-0.2, -0.15) is 0 Å². The van der Waals surface area contributed by atoms with Gasteiger partial charge < -0.3 is 18.1 Å². The van der Waals surface area contributed by atoms with Gasteiger partial charge in [-0.25, -0.2) is 0 Å². The van der Waals surface area contributed by atoms with E-state index in [0.717, 1.165) is 0 Å². The molecule has 0 saturated carbocycles. The van der Waals surface area contributed by atoms with Crippen LogP contribution in [0.2, 0.25) is 0 Å². The molecule has 0 aromatic carbocycles. The van der Waals surface area contributed by atoms with Gasteiger partial charge >= 0.3 is 15.2 Å². The van der Waals surface area contributed by atoms with Crippen LogP contribution in [-0.4, -0.2) is 40.8 Å². The molecule has 0 spiro atoms. The molecule has 0 radical (unpaired) electrons. The molecule has 0 heterocycles. The van der Waals surface area contributed by atoms with Crippen molar-refractivity contribution in [3.05, 3.63) is 0 Å². The van der Waals surface area contributed by atoms with Gasteiger partial charge in [-0.1, -0.05) is 14.9 Å².